The Morgan fingerprint density at radius 1 is 1.16 bits per heavy atom. The topological polar surface area (TPSA) is 71.5 Å². The maximum absolute atomic E-state index is 12.5. The zero-order chi connectivity index (χ0) is 17.9. The molecule has 1 aromatic heterocycles. The van der Waals surface area contributed by atoms with Crippen LogP contribution in [-0.2, 0) is 10.0 Å². The van der Waals surface area contributed by atoms with Crippen molar-refractivity contribution in [3.8, 4) is 5.75 Å². The average Bonchev–Trinajstić information content (AvgIpc) is 2.62. The summed E-state index contributed by atoms with van der Waals surface area (Å²) in [6.45, 7) is 1.98. The molecule has 0 saturated carbocycles. The number of benzene rings is 1. The summed E-state index contributed by atoms with van der Waals surface area (Å²) in [5, 5.41) is 0.240. The van der Waals surface area contributed by atoms with Gasteiger partial charge < -0.3 is 9.64 Å². The minimum atomic E-state index is -3.74. The highest BCUT2D eigenvalue weighted by atomic mass is 35.5. The Balaban J connectivity index is 1.75. The van der Waals surface area contributed by atoms with Crippen LogP contribution < -0.4 is 14.4 Å². The Labute approximate surface area is 152 Å². The van der Waals surface area contributed by atoms with Crippen LogP contribution in [0, 0.1) is 0 Å². The molecule has 0 radical (unpaired) electrons. The van der Waals surface area contributed by atoms with Gasteiger partial charge in [-0.15, -0.1) is 0 Å². The zero-order valence-electron chi connectivity index (χ0n) is 13.9. The van der Waals surface area contributed by atoms with E-state index in [1.165, 1.54) is 37.9 Å². The number of piperidine rings is 1. The molecular formula is C17H20ClN3O3S. The van der Waals surface area contributed by atoms with E-state index in [1.54, 1.807) is 6.07 Å². The summed E-state index contributed by atoms with van der Waals surface area (Å²) in [7, 11) is -2.27. The number of aromatic nitrogens is 1. The highest BCUT2D eigenvalue weighted by molar-refractivity contribution is 7.92. The minimum absolute atomic E-state index is 0.0680. The summed E-state index contributed by atoms with van der Waals surface area (Å²) in [5.41, 5.74) is 0.410. The number of anilines is 2. The molecular weight excluding hydrogens is 362 g/mol. The predicted molar refractivity (Wildman–Crippen MR) is 99.1 cm³/mol. The van der Waals surface area contributed by atoms with E-state index in [9.17, 15) is 8.42 Å². The summed E-state index contributed by atoms with van der Waals surface area (Å²) < 4.78 is 32.5. The normalized spacial score (nSPS) is 15.0. The van der Waals surface area contributed by atoms with Crippen molar-refractivity contribution in [1.29, 1.82) is 0 Å². The molecule has 2 aromatic rings. The van der Waals surface area contributed by atoms with Gasteiger partial charge in [0, 0.05) is 13.1 Å². The summed E-state index contributed by atoms with van der Waals surface area (Å²) in [6.07, 6.45) is 5.11. The van der Waals surface area contributed by atoms with Gasteiger partial charge in [-0.1, -0.05) is 11.6 Å². The standard InChI is InChI=1S/C17H20ClN3O3S/c1-24-16-7-6-14(11-15(16)18)25(22,23)20-13-5-8-17(19-12-13)21-9-3-2-4-10-21/h5-8,11-12,20H,2-4,9-10H2,1H3. The number of nitrogens with one attached hydrogen (secondary N) is 1. The first kappa shape index (κ1) is 17.8. The van der Waals surface area contributed by atoms with Crippen molar-refractivity contribution in [2.24, 2.45) is 0 Å². The largest absolute Gasteiger partial charge is 0.495 e. The van der Waals surface area contributed by atoms with Crippen molar-refractivity contribution in [2.75, 3.05) is 29.8 Å². The molecule has 1 N–H and O–H groups in total. The fourth-order valence-corrected chi connectivity index (χ4v) is 4.18. The molecule has 6 nitrogen and oxygen atoms in total. The van der Waals surface area contributed by atoms with E-state index in [2.05, 4.69) is 14.6 Å². The van der Waals surface area contributed by atoms with E-state index in [1.807, 2.05) is 6.07 Å². The second kappa shape index (κ2) is 7.49. The van der Waals surface area contributed by atoms with Gasteiger partial charge in [0.05, 0.1) is 28.9 Å². The summed E-state index contributed by atoms with van der Waals surface area (Å²) in [4.78, 5) is 6.66. The third-order valence-electron chi connectivity index (χ3n) is 4.11. The molecule has 134 valence electrons. The van der Waals surface area contributed by atoms with Gasteiger partial charge in [0.25, 0.3) is 10.0 Å². The smallest absolute Gasteiger partial charge is 0.261 e. The van der Waals surface area contributed by atoms with Crippen LogP contribution in [0.15, 0.2) is 41.4 Å². The number of nitrogens with zero attached hydrogens (tertiary/aromatic N) is 2. The molecule has 0 bridgehead atoms. The first-order valence-electron chi connectivity index (χ1n) is 8.07. The quantitative estimate of drug-likeness (QED) is 0.857. The highest BCUT2D eigenvalue weighted by Crippen LogP contribution is 2.28. The molecule has 0 amide bonds. The highest BCUT2D eigenvalue weighted by Gasteiger charge is 2.17. The van der Waals surface area contributed by atoms with Crippen molar-refractivity contribution in [3.63, 3.8) is 0 Å². The van der Waals surface area contributed by atoms with Crippen LogP contribution in [0.5, 0.6) is 5.75 Å². The minimum Gasteiger partial charge on any atom is -0.495 e. The summed E-state index contributed by atoms with van der Waals surface area (Å²) in [6, 6.07) is 7.89. The number of hydrogen-bond donors (Lipinski definition) is 1. The first-order chi connectivity index (χ1) is 12.0. The van der Waals surface area contributed by atoms with E-state index >= 15 is 0 Å². The molecule has 1 saturated heterocycles. The number of ether oxygens (including phenoxy) is 1. The number of hydrogen-bond acceptors (Lipinski definition) is 5. The molecule has 1 aromatic carbocycles. The number of pyridine rings is 1. The lowest BCUT2D eigenvalue weighted by atomic mass is 10.1. The van der Waals surface area contributed by atoms with Crippen LogP contribution in [0.25, 0.3) is 0 Å². The SMILES string of the molecule is COc1ccc(S(=O)(=O)Nc2ccc(N3CCCCC3)nc2)cc1Cl. The second-order valence-electron chi connectivity index (χ2n) is 5.85. The van der Waals surface area contributed by atoms with Gasteiger partial charge in [0.15, 0.2) is 0 Å². The van der Waals surface area contributed by atoms with Crippen molar-refractivity contribution in [1.82, 2.24) is 4.98 Å². The second-order valence-corrected chi connectivity index (χ2v) is 7.94. The fraction of sp³-hybridized carbons (Fsp3) is 0.353. The van der Waals surface area contributed by atoms with E-state index < -0.39 is 10.0 Å². The third-order valence-corrected chi connectivity index (χ3v) is 5.79. The maximum atomic E-state index is 12.5. The fourth-order valence-electron chi connectivity index (χ4n) is 2.78. The monoisotopic (exact) mass is 381 g/mol. The van der Waals surface area contributed by atoms with Gasteiger partial charge in [-0.3, -0.25) is 4.72 Å². The lowest BCUT2D eigenvalue weighted by Gasteiger charge is -2.27. The molecule has 0 spiro atoms. The van der Waals surface area contributed by atoms with E-state index in [0.29, 0.717) is 11.4 Å². The molecule has 0 aliphatic carbocycles. The Hall–Kier alpha value is -1.99. The van der Waals surface area contributed by atoms with Crippen molar-refractivity contribution >= 4 is 33.1 Å². The van der Waals surface area contributed by atoms with Crippen LogP contribution in [0.1, 0.15) is 19.3 Å². The molecule has 0 unspecified atom stereocenters. The molecule has 1 aliphatic heterocycles. The van der Waals surface area contributed by atoms with Crippen molar-refractivity contribution < 1.29 is 13.2 Å². The van der Waals surface area contributed by atoms with Gasteiger partial charge in [0.2, 0.25) is 0 Å². The van der Waals surface area contributed by atoms with Crippen LogP contribution in [0.2, 0.25) is 5.02 Å². The molecule has 2 heterocycles. The Morgan fingerprint density at radius 2 is 1.92 bits per heavy atom. The number of methoxy groups -OCH3 is 1. The van der Waals surface area contributed by atoms with E-state index in [-0.39, 0.29) is 9.92 Å². The van der Waals surface area contributed by atoms with Crippen molar-refractivity contribution in [3.05, 3.63) is 41.6 Å². The predicted octanol–water partition coefficient (Wildman–Crippen LogP) is 3.53. The van der Waals surface area contributed by atoms with Gasteiger partial charge in [-0.25, -0.2) is 13.4 Å². The molecule has 1 aliphatic rings. The van der Waals surface area contributed by atoms with Crippen LogP contribution >= 0.6 is 11.6 Å². The van der Waals surface area contributed by atoms with E-state index in [0.717, 1.165) is 31.7 Å². The molecule has 25 heavy (non-hydrogen) atoms. The molecule has 3 rings (SSSR count). The molecule has 1 fully saturated rings. The lowest BCUT2D eigenvalue weighted by Crippen LogP contribution is -2.30. The Morgan fingerprint density at radius 3 is 2.52 bits per heavy atom. The maximum Gasteiger partial charge on any atom is 0.261 e. The van der Waals surface area contributed by atoms with Crippen LogP contribution in [0.4, 0.5) is 11.5 Å². The zero-order valence-corrected chi connectivity index (χ0v) is 15.5. The average molecular weight is 382 g/mol. The Kier molecular flexibility index (Phi) is 5.34. The van der Waals surface area contributed by atoms with Crippen LogP contribution in [0.3, 0.4) is 0 Å². The number of rotatable bonds is 5. The third kappa shape index (κ3) is 4.16. The van der Waals surface area contributed by atoms with Crippen LogP contribution in [-0.4, -0.2) is 33.6 Å². The van der Waals surface area contributed by atoms with Gasteiger partial charge in [-0.05, 0) is 49.6 Å². The van der Waals surface area contributed by atoms with Gasteiger partial charge in [-0.2, -0.15) is 0 Å². The van der Waals surface area contributed by atoms with Gasteiger partial charge >= 0.3 is 0 Å². The molecule has 8 heteroatoms. The summed E-state index contributed by atoms with van der Waals surface area (Å²) >= 11 is 6.01. The van der Waals surface area contributed by atoms with Gasteiger partial charge in [0.1, 0.15) is 11.6 Å². The lowest BCUT2D eigenvalue weighted by molar-refractivity contribution is 0.414. The van der Waals surface area contributed by atoms with Crippen molar-refractivity contribution in [2.45, 2.75) is 24.2 Å². The summed E-state index contributed by atoms with van der Waals surface area (Å²) in [5.74, 6) is 1.29. The number of halogens is 1. The first-order valence-corrected chi connectivity index (χ1v) is 9.93. The van der Waals surface area contributed by atoms with E-state index in [4.69, 9.17) is 16.3 Å². The Bertz CT molecular complexity index is 835. The molecule has 0 atom stereocenters. The number of sulfonamides is 1.